The van der Waals surface area contributed by atoms with Crippen LogP contribution in [0.5, 0.6) is 5.75 Å². The van der Waals surface area contributed by atoms with Crippen molar-refractivity contribution in [2.24, 2.45) is 0 Å². The molecule has 0 radical (unpaired) electrons. The highest BCUT2D eigenvalue weighted by atomic mass is 79.9. The fraction of sp³-hybridized carbons (Fsp3) is 0.118. The first kappa shape index (κ1) is 14.3. The quantitative estimate of drug-likeness (QED) is 0.590. The summed E-state index contributed by atoms with van der Waals surface area (Å²) in [4.78, 5) is 12.9. The minimum atomic E-state index is -0.00259. The summed E-state index contributed by atoms with van der Waals surface area (Å²) in [5, 5.41) is 2.92. The van der Waals surface area contributed by atoms with E-state index in [-0.39, 0.29) is 5.78 Å². The van der Waals surface area contributed by atoms with Crippen LogP contribution in [-0.4, -0.2) is 12.4 Å². The van der Waals surface area contributed by atoms with Crippen LogP contribution in [0.25, 0.3) is 10.1 Å². The van der Waals surface area contributed by atoms with Gasteiger partial charge in [0.15, 0.2) is 5.78 Å². The molecule has 0 unspecified atom stereocenters. The van der Waals surface area contributed by atoms with Crippen LogP contribution < -0.4 is 4.74 Å². The average Bonchev–Trinajstić information content (AvgIpc) is 2.92. The maximum absolute atomic E-state index is 12.9. The smallest absolute Gasteiger partial charge is 0.198 e. The molecule has 2 nitrogen and oxygen atoms in total. The first-order valence-electron chi connectivity index (χ1n) is 6.64. The van der Waals surface area contributed by atoms with Crippen molar-refractivity contribution >= 4 is 43.1 Å². The van der Waals surface area contributed by atoms with Crippen molar-refractivity contribution in [2.45, 2.75) is 6.92 Å². The third kappa shape index (κ3) is 2.74. The summed E-state index contributed by atoms with van der Waals surface area (Å²) < 4.78 is 7.57. The molecule has 0 saturated carbocycles. The molecule has 0 atom stereocenters. The lowest BCUT2D eigenvalue weighted by Crippen LogP contribution is -2.05. The maximum Gasteiger partial charge on any atom is 0.198 e. The average molecular weight is 361 g/mol. The number of hydrogen-bond donors (Lipinski definition) is 0. The van der Waals surface area contributed by atoms with E-state index in [2.05, 4.69) is 15.9 Å². The van der Waals surface area contributed by atoms with Crippen LogP contribution >= 0.6 is 27.3 Å². The molecule has 0 aliphatic heterocycles. The molecule has 0 aliphatic rings. The zero-order valence-electron chi connectivity index (χ0n) is 11.4. The topological polar surface area (TPSA) is 26.3 Å². The Labute approximate surface area is 135 Å². The summed E-state index contributed by atoms with van der Waals surface area (Å²) in [5.74, 6) is 0.623. The number of thiophene rings is 1. The molecule has 1 aromatic heterocycles. The van der Waals surface area contributed by atoms with Gasteiger partial charge < -0.3 is 4.74 Å². The molecule has 0 fully saturated rings. The number of hydrogen-bond acceptors (Lipinski definition) is 3. The normalized spacial score (nSPS) is 10.8. The molecular weight excluding hydrogens is 348 g/mol. The lowest BCUT2D eigenvalue weighted by molar-refractivity contribution is 0.103. The van der Waals surface area contributed by atoms with Gasteiger partial charge in [0, 0.05) is 25.5 Å². The Kier molecular flexibility index (Phi) is 4.08. The van der Waals surface area contributed by atoms with Gasteiger partial charge in [0.2, 0.25) is 0 Å². The van der Waals surface area contributed by atoms with Gasteiger partial charge in [0.25, 0.3) is 0 Å². The zero-order valence-corrected chi connectivity index (χ0v) is 13.8. The molecule has 3 aromatic rings. The monoisotopic (exact) mass is 360 g/mol. The van der Waals surface area contributed by atoms with Crippen molar-refractivity contribution in [3.8, 4) is 5.75 Å². The molecule has 21 heavy (non-hydrogen) atoms. The van der Waals surface area contributed by atoms with Crippen molar-refractivity contribution < 1.29 is 9.53 Å². The van der Waals surface area contributed by atoms with Crippen LogP contribution in [0.3, 0.4) is 0 Å². The highest BCUT2D eigenvalue weighted by Gasteiger charge is 2.18. The highest BCUT2D eigenvalue weighted by Crippen LogP contribution is 2.31. The Morgan fingerprint density at radius 3 is 2.81 bits per heavy atom. The first-order valence-corrected chi connectivity index (χ1v) is 8.31. The largest absolute Gasteiger partial charge is 0.493 e. The van der Waals surface area contributed by atoms with Gasteiger partial charge >= 0.3 is 0 Å². The fourth-order valence-corrected chi connectivity index (χ4v) is 3.56. The number of ether oxygens (including phenoxy) is 1. The second-order valence-electron chi connectivity index (χ2n) is 4.55. The van der Waals surface area contributed by atoms with Gasteiger partial charge in [-0.15, -0.1) is 11.3 Å². The zero-order chi connectivity index (χ0) is 14.8. The number of halogens is 1. The summed E-state index contributed by atoms with van der Waals surface area (Å²) in [6, 6.07) is 13.5. The van der Waals surface area contributed by atoms with E-state index in [0.717, 1.165) is 20.1 Å². The van der Waals surface area contributed by atoms with Crippen molar-refractivity contribution in [1.29, 1.82) is 0 Å². The Hall–Kier alpha value is -1.65. The SMILES string of the molecule is CCOc1ccc(Br)cc1C(=O)c1csc2ccccc12. The number of ketones is 1. The van der Waals surface area contributed by atoms with Gasteiger partial charge in [-0.2, -0.15) is 0 Å². The molecule has 0 N–H and O–H groups in total. The minimum Gasteiger partial charge on any atom is -0.493 e. The summed E-state index contributed by atoms with van der Waals surface area (Å²) in [6.45, 7) is 2.45. The van der Waals surface area contributed by atoms with Crippen LogP contribution in [0.4, 0.5) is 0 Å². The second kappa shape index (κ2) is 6.00. The van der Waals surface area contributed by atoms with Crippen molar-refractivity contribution in [3.63, 3.8) is 0 Å². The molecule has 3 rings (SSSR count). The number of carbonyl (C=O) groups is 1. The Morgan fingerprint density at radius 2 is 2.00 bits per heavy atom. The third-order valence-electron chi connectivity index (χ3n) is 3.21. The van der Waals surface area contributed by atoms with Gasteiger partial charge in [-0.3, -0.25) is 4.79 Å². The van der Waals surface area contributed by atoms with E-state index in [1.807, 2.05) is 54.8 Å². The van der Waals surface area contributed by atoms with E-state index in [9.17, 15) is 4.79 Å². The molecule has 2 aromatic carbocycles. The lowest BCUT2D eigenvalue weighted by atomic mass is 10.0. The molecule has 4 heteroatoms. The van der Waals surface area contributed by atoms with E-state index < -0.39 is 0 Å². The summed E-state index contributed by atoms with van der Waals surface area (Å²) in [5.41, 5.74) is 1.32. The molecule has 0 spiro atoms. The molecule has 0 bridgehead atoms. The van der Waals surface area contributed by atoms with E-state index >= 15 is 0 Å². The standard InChI is InChI=1S/C17H13BrO2S/c1-2-20-15-8-7-11(18)9-13(15)17(19)14-10-21-16-6-4-3-5-12(14)16/h3-10H,2H2,1H3. The van der Waals surface area contributed by atoms with Gasteiger partial charge in [-0.25, -0.2) is 0 Å². The number of benzene rings is 2. The van der Waals surface area contributed by atoms with Crippen molar-refractivity contribution in [2.75, 3.05) is 6.61 Å². The van der Waals surface area contributed by atoms with E-state index in [1.54, 1.807) is 11.3 Å². The van der Waals surface area contributed by atoms with Crippen molar-refractivity contribution in [3.05, 3.63) is 63.4 Å². The highest BCUT2D eigenvalue weighted by molar-refractivity contribution is 9.10. The number of rotatable bonds is 4. The van der Waals surface area contributed by atoms with Crippen LogP contribution in [0.15, 0.2) is 52.3 Å². The molecule has 0 saturated heterocycles. The Balaban J connectivity index is 2.12. The summed E-state index contributed by atoms with van der Waals surface area (Å²) in [6.07, 6.45) is 0. The van der Waals surface area contributed by atoms with Gasteiger partial charge in [-0.1, -0.05) is 34.1 Å². The van der Waals surface area contributed by atoms with Gasteiger partial charge in [-0.05, 0) is 31.2 Å². The Bertz CT molecular complexity index is 807. The maximum atomic E-state index is 12.9. The fourth-order valence-electron chi connectivity index (χ4n) is 2.26. The van der Waals surface area contributed by atoms with E-state index in [4.69, 9.17) is 4.74 Å². The number of fused-ring (bicyclic) bond motifs is 1. The Morgan fingerprint density at radius 1 is 1.19 bits per heavy atom. The summed E-state index contributed by atoms with van der Waals surface area (Å²) in [7, 11) is 0. The van der Waals surface area contributed by atoms with Crippen LogP contribution in [0.1, 0.15) is 22.8 Å². The third-order valence-corrected chi connectivity index (χ3v) is 4.67. The van der Waals surface area contributed by atoms with E-state index in [1.165, 1.54) is 0 Å². The van der Waals surface area contributed by atoms with Gasteiger partial charge in [0.05, 0.1) is 12.2 Å². The van der Waals surface area contributed by atoms with E-state index in [0.29, 0.717) is 17.9 Å². The van der Waals surface area contributed by atoms with Crippen LogP contribution in [-0.2, 0) is 0 Å². The molecule has 0 aliphatic carbocycles. The molecule has 1 heterocycles. The number of carbonyl (C=O) groups excluding carboxylic acids is 1. The molecular formula is C17H13BrO2S. The predicted molar refractivity (Wildman–Crippen MR) is 90.6 cm³/mol. The summed E-state index contributed by atoms with van der Waals surface area (Å²) >= 11 is 5.01. The molecule has 0 amide bonds. The van der Waals surface area contributed by atoms with Crippen LogP contribution in [0, 0.1) is 0 Å². The van der Waals surface area contributed by atoms with Gasteiger partial charge in [0.1, 0.15) is 5.75 Å². The minimum absolute atomic E-state index is 0.00259. The second-order valence-corrected chi connectivity index (χ2v) is 6.38. The van der Waals surface area contributed by atoms with Crippen molar-refractivity contribution in [1.82, 2.24) is 0 Å². The lowest BCUT2D eigenvalue weighted by Gasteiger charge is -2.09. The predicted octanol–water partition coefficient (Wildman–Crippen LogP) is 5.29. The first-order chi connectivity index (χ1) is 10.2. The molecule has 106 valence electrons. The van der Waals surface area contributed by atoms with Crippen LogP contribution in [0.2, 0.25) is 0 Å².